The van der Waals surface area contributed by atoms with Crippen LogP contribution < -0.4 is 5.32 Å². The Morgan fingerprint density at radius 3 is 2.53 bits per heavy atom. The Hall–Kier alpha value is -3.13. The van der Waals surface area contributed by atoms with Gasteiger partial charge in [-0.3, -0.25) is 19.3 Å². The van der Waals surface area contributed by atoms with Crippen molar-refractivity contribution in [3.8, 4) is 0 Å². The molecule has 7 nitrogen and oxygen atoms in total. The third kappa shape index (κ3) is 4.71. The van der Waals surface area contributed by atoms with Gasteiger partial charge in [0.1, 0.15) is 0 Å². The Labute approximate surface area is 178 Å². The molecule has 0 spiro atoms. The summed E-state index contributed by atoms with van der Waals surface area (Å²) >= 11 is 1.62. The summed E-state index contributed by atoms with van der Waals surface area (Å²) < 4.78 is 0. The molecule has 1 saturated heterocycles. The van der Waals surface area contributed by atoms with Gasteiger partial charge >= 0.3 is 0 Å². The molecule has 1 fully saturated rings. The maximum absolute atomic E-state index is 12.3. The summed E-state index contributed by atoms with van der Waals surface area (Å²) in [6, 6.07) is 15.4. The quantitative estimate of drug-likeness (QED) is 0.330. The molecule has 3 amide bonds. The van der Waals surface area contributed by atoms with Gasteiger partial charge in [0.2, 0.25) is 11.8 Å². The topological polar surface area (TPSA) is 95.2 Å². The standard InChI is InChI=1S/C22H22N4O3S/c27-19-10-11-20(28)26(19)13-3-12-23-21(29)16-8-6-15(7-9-16)14-30-22-24-17-4-1-2-5-18(17)25-22/h1-2,4-9H,3,10-14H2,(H,23,29)(H,24,25). The Bertz CT molecular complexity index is 1030. The van der Waals surface area contributed by atoms with Crippen molar-refractivity contribution in [1.82, 2.24) is 20.2 Å². The van der Waals surface area contributed by atoms with Crippen molar-refractivity contribution in [2.75, 3.05) is 13.1 Å². The van der Waals surface area contributed by atoms with Gasteiger partial charge in [0.15, 0.2) is 5.16 Å². The number of nitrogens with zero attached hydrogens (tertiary/aromatic N) is 2. The van der Waals surface area contributed by atoms with Crippen molar-refractivity contribution in [3.05, 3.63) is 59.7 Å². The van der Waals surface area contributed by atoms with Crippen LogP contribution >= 0.6 is 11.8 Å². The molecule has 0 atom stereocenters. The SMILES string of the molecule is O=C(NCCCN1C(=O)CCC1=O)c1ccc(CSc2nc3ccccc3[nH]2)cc1. The molecule has 3 aromatic rings. The largest absolute Gasteiger partial charge is 0.352 e. The van der Waals surface area contributed by atoms with E-state index < -0.39 is 0 Å². The lowest BCUT2D eigenvalue weighted by molar-refractivity contribution is -0.138. The van der Waals surface area contributed by atoms with Crippen molar-refractivity contribution in [2.45, 2.75) is 30.2 Å². The number of imide groups is 1. The number of likely N-dealkylation sites (tertiary alicyclic amines) is 1. The lowest BCUT2D eigenvalue weighted by Crippen LogP contribution is -2.33. The van der Waals surface area contributed by atoms with E-state index >= 15 is 0 Å². The van der Waals surface area contributed by atoms with E-state index in [1.807, 2.05) is 36.4 Å². The Balaban J connectivity index is 1.23. The number of hydrogen-bond donors (Lipinski definition) is 2. The summed E-state index contributed by atoms with van der Waals surface area (Å²) in [6.07, 6.45) is 1.15. The van der Waals surface area contributed by atoms with Gasteiger partial charge in [-0.05, 0) is 36.2 Å². The van der Waals surface area contributed by atoms with Gasteiger partial charge in [-0.2, -0.15) is 0 Å². The number of aromatic amines is 1. The number of H-pyrrole nitrogens is 1. The van der Waals surface area contributed by atoms with Gasteiger partial charge in [-0.25, -0.2) is 4.98 Å². The fraction of sp³-hybridized carbons (Fsp3) is 0.273. The number of amides is 3. The molecular weight excluding hydrogens is 400 g/mol. The number of imidazole rings is 1. The van der Waals surface area contributed by atoms with E-state index in [1.165, 1.54) is 4.90 Å². The van der Waals surface area contributed by atoms with Crippen molar-refractivity contribution in [2.24, 2.45) is 0 Å². The summed E-state index contributed by atoms with van der Waals surface area (Å²) in [5, 5.41) is 3.70. The number of fused-ring (bicyclic) bond motifs is 1. The van der Waals surface area contributed by atoms with E-state index in [4.69, 9.17) is 0 Å². The van der Waals surface area contributed by atoms with E-state index in [1.54, 1.807) is 23.9 Å². The number of nitrogens with one attached hydrogen (secondary N) is 2. The average Bonchev–Trinajstić information content (AvgIpc) is 3.32. The van der Waals surface area contributed by atoms with Gasteiger partial charge in [0, 0.05) is 37.2 Å². The fourth-order valence-corrected chi connectivity index (χ4v) is 4.16. The predicted octanol–water partition coefficient (Wildman–Crippen LogP) is 3.12. The monoisotopic (exact) mass is 422 g/mol. The maximum atomic E-state index is 12.3. The minimum atomic E-state index is -0.162. The van der Waals surface area contributed by atoms with Crippen molar-refractivity contribution in [3.63, 3.8) is 0 Å². The van der Waals surface area contributed by atoms with Gasteiger partial charge in [0.25, 0.3) is 5.91 Å². The molecule has 8 heteroatoms. The van der Waals surface area contributed by atoms with Crippen LogP contribution in [0.3, 0.4) is 0 Å². The van der Waals surface area contributed by atoms with Crippen LogP contribution in [-0.4, -0.2) is 45.7 Å². The molecule has 1 aromatic heterocycles. The molecule has 2 N–H and O–H groups in total. The minimum Gasteiger partial charge on any atom is -0.352 e. The van der Waals surface area contributed by atoms with Crippen LogP contribution in [0.2, 0.25) is 0 Å². The van der Waals surface area contributed by atoms with Crippen LogP contribution in [0.5, 0.6) is 0 Å². The Morgan fingerprint density at radius 1 is 1.07 bits per heavy atom. The summed E-state index contributed by atoms with van der Waals surface area (Å²) in [4.78, 5) is 44.5. The normalized spacial score (nSPS) is 13.9. The van der Waals surface area contributed by atoms with Crippen molar-refractivity contribution >= 4 is 40.5 Å². The molecule has 2 aromatic carbocycles. The summed E-state index contributed by atoms with van der Waals surface area (Å²) in [5.41, 5.74) is 3.65. The fourth-order valence-electron chi connectivity index (χ4n) is 3.32. The first-order valence-corrected chi connectivity index (χ1v) is 10.9. The molecule has 4 rings (SSSR count). The lowest BCUT2D eigenvalue weighted by atomic mass is 10.1. The lowest BCUT2D eigenvalue weighted by Gasteiger charge is -2.13. The third-order valence-electron chi connectivity index (χ3n) is 4.96. The first kappa shape index (κ1) is 20.2. The highest BCUT2D eigenvalue weighted by Gasteiger charge is 2.27. The van der Waals surface area contributed by atoms with Crippen LogP contribution in [0.1, 0.15) is 35.2 Å². The van der Waals surface area contributed by atoms with Crippen LogP contribution in [0.15, 0.2) is 53.7 Å². The molecule has 0 bridgehead atoms. The maximum Gasteiger partial charge on any atom is 0.251 e. The number of benzene rings is 2. The second kappa shape index (κ2) is 9.13. The highest BCUT2D eigenvalue weighted by Crippen LogP contribution is 2.23. The van der Waals surface area contributed by atoms with Gasteiger partial charge in [-0.1, -0.05) is 36.0 Å². The molecule has 0 radical (unpaired) electrons. The smallest absolute Gasteiger partial charge is 0.251 e. The van der Waals surface area contributed by atoms with Crippen molar-refractivity contribution in [1.29, 1.82) is 0 Å². The van der Waals surface area contributed by atoms with E-state index in [0.717, 1.165) is 27.5 Å². The highest BCUT2D eigenvalue weighted by atomic mass is 32.2. The first-order valence-electron chi connectivity index (χ1n) is 9.88. The van der Waals surface area contributed by atoms with E-state index in [-0.39, 0.29) is 17.7 Å². The average molecular weight is 423 g/mol. The first-order chi connectivity index (χ1) is 14.6. The molecule has 1 aliphatic rings. The minimum absolute atomic E-state index is 0.123. The molecular formula is C22H22N4O3S. The van der Waals surface area contributed by atoms with Crippen LogP contribution in [-0.2, 0) is 15.3 Å². The van der Waals surface area contributed by atoms with Crippen LogP contribution in [0.4, 0.5) is 0 Å². The summed E-state index contributed by atoms with van der Waals surface area (Å²) in [6.45, 7) is 0.773. The second-order valence-electron chi connectivity index (χ2n) is 7.09. The highest BCUT2D eigenvalue weighted by molar-refractivity contribution is 7.98. The number of rotatable bonds is 8. The number of hydrogen-bond acceptors (Lipinski definition) is 5. The molecule has 2 heterocycles. The van der Waals surface area contributed by atoms with Crippen LogP contribution in [0.25, 0.3) is 11.0 Å². The second-order valence-corrected chi connectivity index (χ2v) is 8.06. The van der Waals surface area contributed by atoms with E-state index in [0.29, 0.717) is 37.9 Å². The molecule has 1 aliphatic heterocycles. The van der Waals surface area contributed by atoms with Gasteiger partial charge in [-0.15, -0.1) is 0 Å². The number of aromatic nitrogens is 2. The number of para-hydroxylation sites is 2. The summed E-state index contributed by atoms with van der Waals surface area (Å²) in [7, 11) is 0. The van der Waals surface area contributed by atoms with E-state index in [2.05, 4.69) is 15.3 Å². The summed E-state index contributed by atoms with van der Waals surface area (Å²) in [5.74, 6) is 0.343. The molecule has 30 heavy (non-hydrogen) atoms. The van der Waals surface area contributed by atoms with Gasteiger partial charge in [0.05, 0.1) is 11.0 Å². The van der Waals surface area contributed by atoms with Crippen molar-refractivity contribution < 1.29 is 14.4 Å². The van der Waals surface area contributed by atoms with Crippen LogP contribution in [0, 0.1) is 0 Å². The third-order valence-corrected chi connectivity index (χ3v) is 5.90. The molecule has 0 aliphatic carbocycles. The molecule has 0 unspecified atom stereocenters. The molecule has 154 valence electrons. The molecule has 0 saturated carbocycles. The number of thioether (sulfide) groups is 1. The number of carbonyl (C=O) groups excluding carboxylic acids is 3. The van der Waals surface area contributed by atoms with Gasteiger partial charge < -0.3 is 10.3 Å². The zero-order valence-electron chi connectivity index (χ0n) is 16.4. The Kier molecular flexibility index (Phi) is 6.13. The van der Waals surface area contributed by atoms with E-state index in [9.17, 15) is 14.4 Å². The zero-order chi connectivity index (χ0) is 20.9. The Morgan fingerprint density at radius 2 is 1.80 bits per heavy atom. The zero-order valence-corrected chi connectivity index (χ0v) is 17.2. The predicted molar refractivity (Wildman–Crippen MR) is 115 cm³/mol. The number of carbonyl (C=O) groups is 3.